The third-order valence-electron chi connectivity index (χ3n) is 6.04. The lowest BCUT2D eigenvalue weighted by molar-refractivity contribution is 0.0954. The normalized spacial score (nSPS) is 13.8. The van der Waals surface area contributed by atoms with Crippen molar-refractivity contribution in [1.29, 1.82) is 0 Å². The predicted molar refractivity (Wildman–Crippen MR) is 129 cm³/mol. The number of amides is 1. The second-order valence-electron chi connectivity index (χ2n) is 8.51. The molecule has 0 spiro atoms. The van der Waals surface area contributed by atoms with E-state index in [1.165, 1.54) is 11.3 Å². The van der Waals surface area contributed by atoms with E-state index >= 15 is 0 Å². The molecule has 0 unspecified atom stereocenters. The van der Waals surface area contributed by atoms with Gasteiger partial charge in [-0.1, -0.05) is 12.1 Å². The van der Waals surface area contributed by atoms with Crippen molar-refractivity contribution in [3.63, 3.8) is 0 Å². The largest absolute Gasteiger partial charge is 0.497 e. The van der Waals surface area contributed by atoms with E-state index in [9.17, 15) is 4.79 Å². The van der Waals surface area contributed by atoms with Crippen LogP contribution in [0.25, 0.3) is 0 Å². The smallest absolute Gasteiger partial charge is 0.251 e. The van der Waals surface area contributed by atoms with Crippen molar-refractivity contribution in [2.75, 3.05) is 45.7 Å². The molecule has 174 valence electrons. The second kappa shape index (κ2) is 10.5. The van der Waals surface area contributed by atoms with Crippen molar-refractivity contribution in [2.45, 2.75) is 25.9 Å². The molecule has 0 saturated carbocycles. The molecule has 0 radical (unpaired) electrons. The standard InChI is InChI=1S/C25H32N6O2/c1-29(2)21-8-4-19(5-9-21)18-30-15-13-24-28-27-23(31(24)17-16-30)12-14-26-25(32)20-6-10-22(33-3)11-7-20/h4-11H,12-18H2,1-3H3,(H,26,32). The molecule has 33 heavy (non-hydrogen) atoms. The summed E-state index contributed by atoms with van der Waals surface area (Å²) in [7, 11) is 5.72. The molecule has 1 amide bonds. The highest BCUT2D eigenvalue weighted by Crippen LogP contribution is 2.16. The Hall–Kier alpha value is -3.39. The monoisotopic (exact) mass is 448 g/mol. The number of aromatic nitrogens is 3. The minimum Gasteiger partial charge on any atom is -0.497 e. The number of hydrogen-bond acceptors (Lipinski definition) is 6. The van der Waals surface area contributed by atoms with Crippen molar-refractivity contribution < 1.29 is 9.53 Å². The van der Waals surface area contributed by atoms with Gasteiger partial charge in [0.2, 0.25) is 0 Å². The number of methoxy groups -OCH3 is 1. The summed E-state index contributed by atoms with van der Waals surface area (Å²) in [6.45, 7) is 4.22. The van der Waals surface area contributed by atoms with Crippen LogP contribution in [0.1, 0.15) is 27.6 Å². The van der Waals surface area contributed by atoms with Crippen LogP contribution in [0.2, 0.25) is 0 Å². The third-order valence-corrected chi connectivity index (χ3v) is 6.04. The fourth-order valence-electron chi connectivity index (χ4n) is 4.06. The molecule has 0 bridgehead atoms. The Morgan fingerprint density at radius 1 is 1.03 bits per heavy atom. The average molecular weight is 449 g/mol. The minimum atomic E-state index is -0.0975. The summed E-state index contributed by atoms with van der Waals surface area (Å²) in [6, 6.07) is 15.8. The molecule has 1 aliphatic rings. The number of anilines is 1. The summed E-state index contributed by atoms with van der Waals surface area (Å²) in [4.78, 5) is 17.0. The van der Waals surface area contributed by atoms with Gasteiger partial charge in [0, 0.05) is 70.9 Å². The fraction of sp³-hybridized carbons (Fsp3) is 0.400. The molecule has 0 fully saturated rings. The van der Waals surface area contributed by atoms with E-state index in [0.29, 0.717) is 18.5 Å². The van der Waals surface area contributed by atoms with Crippen molar-refractivity contribution >= 4 is 11.6 Å². The summed E-state index contributed by atoms with van der Waals surface area (Å²) in [5.41, 5.74) is 3.15. The second-order valence-corrected chi connectivity index (χ2v) is 8.51. The van der Waals surface area contributed by atoms with E-state index in [0.717, 1.165) is 50.0 Å². The number of carbonyl (C=O) groups is 1. The quantitative estimate of drug-likeness (QED) is 0.570. The summed E-state index contributed by atoms with van der Waals surface area (Å²) in [5, 5.41) is 11.8. The first kappa shape index (κ1) is 22.8. The number of carbonyl (C=O) groups excluding carboxylic acids is 1. The first-order valence-corrected chi connectivity index (χ1v) is 11.4. The SMILES string of the molecule is COc1ccc(C(=O)NCCc2nnc3n2CCN(Cc2ccc(N(C)C)cc2)CC3)cc1. The van der Waals surface area contributed by atoms with Crippen LogP contribution >= 0.6 is 0 Å². The Kier molecular flexibility index (Phi) is 7.24. The zero-order valence-corrected chi connectivity index (χ0v) is 19.6. The topological polar surface area (TPSA) is 75.5 Å². The number of hydrogen-bond donors (Lipinski definition) is 1. The minimum absolute atomic E-state index is 0.0975. The Balaban J connectivity index is 1.29. The highest BCUT2D eigenvalue weighted by atomic mass is 16.5. The van der Waals surface area contributed by atoms with Crippen molar-refractivity contribution in [3.8, 4) is 5.75 Å². The lowest BCUT2D eigenvalue weighted by Gasteiger charge is -2.20. The first-order chi connectivity index (χ1) is 16.0. The van der Waals surface area contributed by atoms with Crippen molar-refractivity contribution in [1.82, 2.24) is 25.0 Å². The van der Waals surface area contributed by atoms with Crippen LogP contribution in [-0.4, -0.2) is 66.4 Å². The number of ether oxygens (including phenoxy) is 1. The molecular formula is C25H32N6O2. The Labute approximate surface area is 195 Å². The molecule has 4 rings (SSSR count). The molecule has 1 aliphatic heterocycles. The van der Waals surface area contributed by atoms with Crippen LogP contribution in [0.5, 0.6) is 5.75 Å². The number of rotatable bonds is 8. The molecule has 3 aromatic rings. The number of nitrogens with zero attached hydrogens (tertiary/aromatic N) is 5. The third kappa shape index (κ3) is 5.70. The van der Waals surface area contributed by atoms with Gasteiger partial charge >= 0.3 is 0 Å². The van der Waals surface area contributed by atoms with E-state index in [2.05, 4.69) is 68.2 Å². The van der Waals surface area contributed by atoms with Gasteiger partial charge in [0.15, 0.2) is 0 Å². The molecule has 0 saturated heterocycles. The molecule has 8 nitrogen and oxygen atoms in total. The van der Waals surface area contributed by atoms with Gasteiger partial charge in [-0.25, -0.2) is 0 Å². The maximum atomic E-state index is 12.4. The summed E-state index contributed by atoms with van der Waals surface area (Å²) >= 11 is 0. The zero-order valence-electron chi connectivity index (χ0n) is 19.6. The van der Waals surface area contributed by atoms with Gasteiger partial charge in [-0.15, -0.1) is 10.2 Å². The summed E-state index contributed by atoms with van der Waals surface area (Å²) in [5.74, 6) is 2.59. The van der Waals surface area contributed by atoms with E-state index < -0.39 is 0 Å². The Morgan fingerprint density at radius 3 is 2.48 bits per heavy atom. The zero-order chi connectivity index (χ0) is 23.2. The van der Waals surface area contributed by atoms with Gasteiger partial charge in [-0.05, 0) is 42.0 Å². The molecule has 0 aliphatic carbocycles. The number of fused-ring (bicyclic) bond motifs is 1. The van der Waals surface area contributed by atoms with Crippen LogP contribution < -0.4 is 15.0 Å². The highest BCUT2D eigenvalue weighted by Gasteiger charge is 2.19. The van der Waals surface area contributed by atoms with Crippen LogP contribution in [0.3, 0.4) is 0 Å². The molecule has 1 aromatic heterocycles. The summed E-state index contributed by atoms with van der Waals surface area (Å²) < 4.78 is 7.36. The van der Waals surface area contributed by atoms with Crippen molar-refractivity contribution in [3.05, 3.63) is 71.3 Å². The number of nitrogens with one attached hydrogen (secondary N) is 1. The maximum absolute atomic E-state index is 12.4. The van der Waals surface area contributed by atoms with Gasteiger partial charge in [0.05, 0.1) is 7.11 Å². The molecular weight excluding hydrogens is 416 g/mol. The van der Waals surface area contributed by atoms with Gasteiger partial charge in [-0.2, -0.15) is 0 Å². The average Bonchev–Trinajstić information content (AvgIpc) is 3.11. The van der Waals surface area contributed by atoms with Crippen molar-refractivity contribution in [2.24, 2.45) is 0 Å². The van der Waals surface area contributed by atoms with Gasteiger partial charge < -0.3 is 19.5 Å². The van der Waals surface area contributed by atoms with Crippen LogP contribution in [0, 0.1) is 0 Å². The first-order valence-electron chi connectivity index (χ1n) is 11.4. The lowest BCUT2D eigenvalue weighted by Crippen LogP contribution is -2.28. The van der Waals surface area contributed by atoms with Gasteiger partial charge in [0.25, 0.3) is 5.91 Å². The van der Waals surface area contributed by atoms with Crippen LogP contribution in [0.15, 0.2) is 48.5 Å². The molecule has 0 atom stereocenters. The van der Waals surface area contributed by atoms with Crippen LogP contribution in [0.4, 0.5) is 5.69 Å². The maximum Gasteiger partial charge on any atom is 0.251 e. The van der Waals surface area contributed by atoms with E-state index in [1.807, 2.05) is 0 Å². The molecule has 1 N–H and O–H groups in total. The van der Waals surface area contributed by atoms with Gasteiger partial charge in [-0.3, -0.25) is 9.69 Å². The lowest BCUT2D eigenvalue weighted by atomic mass is 10.2. The molecule has 2 heterocycles. The van der Waals surface area contributed by atoms with Crippen LogP contribution in [-0.2, 0) is 25.9 Å². The predicted octanol–water partition coefficient (Wildman–Crippen LogP) is 2.38. The van der Waals surface area contributed by atoms with E-state index in [4.69, 9.17) is 4.74 Å². The van der Waals surface area contributed by atoms with Gasteiger partial charge in [0.1, 0.15) is 17.4 Å². The molecule has 8 heteroatoms. The summed E-state index contributed by atoms with van der Waals surface area (Å²) in [6.07, 6.45) is 1.53. The van der Waals surface area contributed by atoms with E-state index in [1.54, 1.807) is 31.4 Å². The fourth-order valence-corrected chi connectivity index (χ4v) is 4.06. The Morgan fingerprint density at radius 2 is 1.79 bits per heavy atom. The van der Waals surface area contributed by atoms with E-state index in [-0.39, 0.29) is 5.91 Å². The highest BCUT2D eigenvalue weighted by molar-refractivity contribution is 5.94. The molecule has 2 aromatic carbocycles. The Bertz CT molecular complexity index is 1060. The number of benzene rings is 2.